The van der Waals surface area contributed by atoms with Gasteiger partial charge in [-0.05, 0) is 30.2 Å². The van der Waals surface area contributed by atoms with E-state index in [9.17, 15) is 8.42 Å². The van der Waals surface area contributed by atoms with Crippen molar-refractivity contribution in [2.45, 2.75) is 24.8 Å². The van der Waals surface area contributed by atoms with Gasteiger partial charge in [0.1, 0.15) is 5.52 Å². The number of hydrogen-bond acceptors (Lipinski definition) is 5. The molecule has 1 aliphatic rings. The summed E-state index contributed by atoms with van der Waals surface area (Å²) < 4.78 is 33.4. The van der Waals surface area contributed by atoms with Gasteiger partial charge in [-0.1, -0.05) is 36.7 Å². The average molecular weight is 420 g/mol. The molecule has 0 saturated carbocycles. The number of piperazine rings is 1. The van der Waals surface area contributed by atoms with Crippen molar-refractivity contribution in [1.29, 1.82) is 0 Å². The smallest absolute Gasteiger partial charge is 0.243 e. The minimum atomic E-state index is -3.47. The predicted molar refractivity (Wildman–Crippen MR) is 109 cm³/mol. The lowest BCUT2D eigenvalue weighted by Crippen LogP contribution is -2.48. The van der Waals surface area contributed by atoms with Crippen LogP contribution in [0.2, 0.25) is 5.02 Å². The zero-order valence-corrected chi connectivity index (χ0v) is 17.2. The summed E-state index contributed by atoms with van der Waals surface area (Å²) in [6.07, 6.45) is 0.692. The van der Waals surface area contributed by atoms with Crippen molar-refractivity contribution >= 4 is 32.7 Å². The molecular formula is C20H22ClN3O3S. The molecule has 0 aliphatic carbocycles. The lowest BCUT2D eigenvalue weighted by Gasteiger charge is -2.33. The van der Waals surface area contributed by atoms with Crippen molar-refractivity contribution in [2.75, 3.05) is 26.2 Å². The van der Waals surface area contributed by atoms with E-state index in [1.54, 1.807) is 28.6 Å². The van der Waals surface area contributed by atoms with Gasteiger partial charge in [0.2, 0.25) is 15.9 Å². The molecule has 0 amide bonds. The summed E-state index contributed by atoms with van der Waals surface area (Å²) in [4.78, 5) is 7.06. The van der Waals surface area contributed by atoms with E-state index in [0.29, 0.717) is 60.5 Å². The molecule has 28 heavy (non-hydrogen) atoms. The second kappa shape index (κ2) is 7.83. The van der Waals surface area contributed by atoms with E-state index in [-0.39, 0.29) is 0 Å². The molecule has 1 fully saturated rings. The maximum absolute atomic E-state index is 13.0. The van der Waals surface area contributed by atoms with Gasteiger partial charge in [-0.2, -0.15) is 4.31 Å². The average Bonchev–Trinajstić information content (AvgIpc) is 3.09. The highest BCUT2D eigenvalue weighted by atomic mass is 35.5. The lowest BCUT2D eigenvalue weighted by molar-refractivity contribution is 0.169. The molecule has 1 aromatic heterocycles. The summed E-state index contributed by atoms with van der Waals surface area (Å²) in [6, 6.07) is 12.6. The third-order valence-corrected chi connectivity index (χ3v) is 7.29. The molecule has 0 bridgehead atoms. The van der Waals surface area contributed by atoms with Crippen molar-refractivity contribution in [3.63, 3.8) is 0 Å². The van der Waals surface area contributed by atoms with Gasteiger partial charge in [-0.15, -0.1) is 0 Å². The third kappa shape index (κ3) is 3.80. The molecule has 8 heteroatoms. The molecular weight excluding hydrogens is 398 g/mol. The fourth-order valence-corrected chi connectivity index (χ4v) is 5.40. The zero-order chi connectivity index (χ0) is 19.7. The van der Waals surface area contributed by atoms with Crippen molar-refractivity contribution in [3.05, 3.63) is 58.9 Å². The van der Waals surface area contributed by atoms with Crippen LogP contribution in [0.4, 0.5) is 0 Å². The van der Waals surface area contributed by atoms with Crippen molar-refractivity contribution in [2.24, 2.45) is 0 Å². The minimum absolute atomic E-state index is 0.418. The number of aromatic nitrogens is 1. The lowest BCUT2D eigenvalue weighted by atomic mass is 10.2. The second-order valence-electron chi connectivity index (χ2n) is 6.86. The largest absolute Gasteiger partial charge is 0.439 e. The van der Waals surface area contributed by atoms with Gasteiger partial charge < -0.3 is 4.42 Å². The van der Waals surface area contributed by atoms with Crippen LogP contribution in [-0.4, -0.2) is 48.8 Å². The SMILES string of the molecule is CCc1ccccc1S(=O)(=O)N1CCN(Cc2nc3ccc(Cl)cc3o2)CC1. The van der Waals surface area contributed by atoms with Crippen molar-refractivity contribution < 1.29 is 12.8 Å². The summed E-state index contributed by atoms with van der Waals surface area (Å²) >= 11 is 5.99. The minimum Gasteiger partial charge on any atom is -0.439 e. The standard InChI is InChI=1S/C20H22ClN3O3S/c1-2-15-5-3-4-6-19(15)28(25,26)24-11-9-23(10-12-24)14-20-22-17-8-7-16(21)13-18(17)27-20/h3-8,13H,2,9-12,14H2,1H3. The van der Waals surface area contributed by atoms with E-state index in [4.69, 9.17) is 16.0 Å². The summed E-state index contributed by atoms with van der Waals surface area (Å²) in [6.45, 7) is 4.68. The number of benzene rings is 2. The van der Waals surface area contributed by atoms with Crippen LogP contribution >= 0.6 is 11.6 Å². The molecule has 0 atom stereocenters. The molecule has 0 radical (unpaired) electrons. The van der Waals surface area contributed by atoms with Gasteiger partial charge in [-0.25, -0.2) is 13.4 Å². The fraction of sp³-hybridized carbons (Fsp3) is 0.350. The molecule has 0 N–H and O–H groups in total. The van der Waals surface area contributed by atoms with Crippen LogP contribution in [0.1, 0.15) is 18.4 Å². The Morgan fingerprint density at radius 2 is 1.86 bits per heavy atom. The maximum Gasteiger partial charge on any atom is 0.243 e. The zero-order valence-electron chi connectivity index (χ0n) is 15.6. The number of oxazole rings is 1. The Labute approximate surface area is 169 Å². The van der Waals surface area contributed by atoms with Crippen LogP contribution in [-0.2, 0) is 23.0 Å². The number of aryl methyl sites for hydroxylation is 1. The summed E-state index contributed by atoms with van der Waals surface area (Å²) in [5.41, 5.74) is 2.30. The molecule has 2 aromatic carbocycles. The van der Waals surface area contributed by atoms with E-state index >= 15 is 0 Å². The number of fused-ring (bicyclic) bond motifs is 1. The monoisotopic (exact) mass is 419 g/mol. The van der Waals surface area contributed by atoms with E-state index in [1.807, 2.05) is 25.1 Å². The van der Waals surface area contributed by atoms with E-state index < -0.39 is 10.0 Å². The maximum atomic E-state index is 13.0. The Bertz CT molecular complexity index is 1090. The highest BCUT2D eigenvalue weighted by Gasteiger charge is 2.30. The van der Waals surface area contributed by atoms with Crippen LogP contribution < -0.4 is 0 Å². The van der Waals surface area contributed by atoms with Crippen LogP contribution in [0, 0.1) is 0 Å². The summed E-state index contributed by atoms with van der Waals surface area (Å²) in [5, 5.41) is 0.612. The normalized spacial score (nSPS) is 16.6. The quantitative estimate of drug-likeness (QED) is 0.632. The van der Waals surface area contributed by atoms with E-state index in [0.717, 1.165) is 11.1 Å². The fourth-order valence-electron chi connectivity index (χ4n) is 3.52. The number of halogens is 1. The van der Waals surface area contributed by atoms with Gasteiger partial charge in [0.25, 0.3) is 0 Å². The Balaban J connectivity index is 1.43. The number of nitrogens with zero attached hydrogens (tertiary/aromatic N) is 3. The first kappa shape index (κ1) is 19.4. The second-order valence-corrected chi connectivity index (χ2v) is 9.20. The first-order chi connectivity index (χ1) is 13.5. The summed E-state index contributed by atoms with van der Waals surface area (Å²) in [7, 11) is -3.47. The molecule has 3 aromatic rings. The third-order valence-electron chi connectivity index (χ3n) is 5.06. The molecule has 6 nitrogen and oxygen atoms in total. The molecule has 148 valence electrons. The molecule has 0 unspecified atom stereocenters. The van der Waals surface area contributed by atoms with E-state index in [1.165, 1.54) is 0 Å². The molecule has 1 aliphatic heterocycles. The van der Waals surface area contributed by atoms with Crippen LogP contribution in [0.3, 0.4) is 0 Å². The highest BCUT2D eigenvalue weighted by molar-refractivity contribution is 7.89. The van der Waals surface area contributed by atoms with Gasteiger partial charge in [0.05, 0.1) is 11.4 Å². The van der Waals surface area contributed by atoms with Crippen molar-refractivity contribution in [3.8, 4) is 0 Å². The van der Waals surface area contributed by atoms with Crippen LogP contribution in [0.15, 0.2) is 51.8 Å². The van der Waals surface area contributed by atoms with Crippen LogP contribution in [0.5, 0.6) is 0 Å². The van der Waals surface area contributed by atoms with Gasteiger partial charge in [0.15, 0.2) is 5.58 Å². The molecule has 1 saturated heterocycles. The Morgan fingerprint density at radius 1 is 1.11 bits per heavy atom. The topological polar surface area (TPSA) is 66.7 Å². The predicted octanol–water partition coefficient (Wildman–Crippen LogP) is 3.55. The van der Waals surface area contributed by atoms with Gasteiger partial charge in [-0.3, -0.25) is 4.90 Å². The first-order valence-corrected chi connectivity index (χ1v) is 11.1. The molecule has 0 spiro atoms. The molecule has 4 rings (SSSR count). The summed E-state index contributed by atoms with van der Waals surface area (Å²) in [5.74, 6) is 0.616. The van der Waals surface area contributed by atoms with E-state index in [2.05, 4.69) is 9.88 Å². The van der Waals surface area contributed by atoms with Crippen LogP contribution in [0.25, 0.3) is 11.1 Å². The Morgan fingerprint density at radius 3 is 2.61 bits per heavy atom. The number of hydrogen-bond donors (Lipinski definition) is 0. The number of rotatable bonds is 5. The number of sulfonamides is 1. The van der Waals surface area contributed by atoms with Gasteiger partial charge >= 0.3 is 0 Å². The van der Waals surface area contributed by atoms with Crippen molar-refractivity contribution in [1.82, 2.24) is 14.2 Å². The Kier molecular flexibility index (Phi) is 5.42. The van der Waals surface area contributed by atoms with Gasteiger partial charge in [0, 0.05) is 37.3 Å². The molecule has 2 heterocycles. The Hall–Kier alpha value is -1.93. The highest BCUT2D eigenvalue weighted by Crippen LogP contribution is 2.24. The first-order valence-electron chi connectivity index (χ1n) is 9.33.